The number of hydrogen-bond donors (Lipinski definition) is 15. The lowest BCUT2D eigenvalue weighted by Crippen LogP contribution is -2.68. The van der Waals surface area contributed by atoms with Crippen LogP contribution in [-0.4, -0.2) is 211 Å². The molecular weight excluding hydrogens is 694 g/mol. The maximum absolute atomic E-state index is 12.3. The van der Waals surface area contributed by atoms with E-state index in [1.54, 1.807) is 0 Å². The standard InChI is InChI=1S/C27H49N7O17/c1-6-27(45,5-37)21(24(46-6)50-20-10(34-26(30)31)13(39)9(33-25(28)29)14(40)17(20)43)51-22-11(32-2)15(41)19(8(4-36)48-22)49-23-18(44)16(42)12(38)7(3-35)47-23/h5-24,32,35-36,38-45H,3-4H2,1-2H3,(H4,28,29,33)(H4,30,31,34)/t6-,7+,8-,9+,10-,11-,12+,13+,14?,15-,16-,17+,18-,19-,20+,21-,22-,23-,24-,27+/m0/s1. The Balaban J connectivity index is 1.61. The summed E-state index contributed by atoms with van der Waals surface area (Å²) in [6.07, 6.45) is -27.0. The summed E-state index contributed by atoms with van der Waals surface area (Å²) in [5.74, 6) is -1.11. The number of hydrogen-bond acceptors (Lipinski definition) is 20. The Morgan fingerprint density at radius 2 is 1.27 bits per heavy atom. The molecule has 24 heteroatoms. The van der Waals surface area contributed by atoms with Gasteiger partial charge in [-0.15, -0.1) is 0 Å². The summed E-state index contributed by atoms with van der Waals surface area (Å²) in [6, 6.07) is -4.40. The summed E-state index contributed by atoms with van der Waals surface area (Å²) in [6.45, 7) is -0.340. The predicted molar refractivity (Wildman–Crippen MR) is 166 cm³/mol. The third-order valence-corrected chi connectivity index (χ3v) is 9.45. The molecule has 0 aromatic heterocycles. The summed E-state index contributed by atoms with van der Waals surface area (Å²) < 4.78 is 34.6. The average molecular weight is 744 g/mol. The van der Waals surface area contributed by atoms with E-state index in [9.17, 15) is 55.9 Å². The zero-order valence-electron chi connectivity index (χ0n) is 27.5. The van der Waals surface area contributed by atoms with Gasteiger partial charge in [0.2, 0.25) is 0 Å². The number of aliphatic hydroxyl groups is 10. The molecule has 4 fully saturated rings. The van der Waals surface area contributed by atoms with Crippen molar-refractivity contribution in [3.63, 3.8) is 0 Å². The van der Waals surface area contributed by atoms with Gasteiger partial charge in [0.05, 0.1) is 25.4 Å². The van der Waals surface area contributed by atoms with Gasteiger partial charge in [0.15, 0.2) is 42.7 Å². The Kier molecular flexibility index (Phi) is 13.5. The van der Waals surface area contributed by atoms with Crippen molar-refractivity contribution in [1.82, 2.24) is 5.32 Å². The minimum absolute atomic E-state index is 0.0944. The summed E-state index contributed by atoms with van der Waals surface area (Å²) in [4.78, 5) is 20.0. The lowest BCUT2D eigenvalue weighted by molar-refractivity contribution is -0.357. The Bertz CT molecular complexity index is 1230. The zero-order chi connectivity index (χ0) is 38.1. The van der Waals surface area contributed by atoms with Gasteiger partial charge in [-0.3, -0.25) is 4.79 Å². The number of carbonyl (C=O) groups is 1. The molecule has 19 N–H and O–H groups in total. The molecule has 0 radical (unpaired) electrons. The molecule has 294 valence electrons. The summed E-state index contributed by atoms with van der Waals surface area (Å²) in [5, 5.41) is 109. The van der Waals surface area contributed by atoms with Crippen LogP contribution in [0.2, 0.25) is 0 Å². The van der Waals surface area contributed by atoms with E-state index in [0.717, 1.165) is 0 Å². The first kappa shape index (κ1) is 41.3. The number of nitrogens with zero attached hydrogens (tertiary/aromatic N) is 2. The third kappa shape index (κ3) is 8.06. The molecule has 3 saturated heterocycles. The monoisotopic (exact) mass is 743 g/mol. The van der Waals surface area contributed by atoms with Crippen molar-refractivity contribution < 1.29 is 84.3 Å². The second kappa shape index (κ2) is 16.7. The van der Waals surface area contributed by atoms with Crippen LogP contribution in [0, 0.1) is 0 Å². The predicted octanol–water partition coefficient (Wildman–Crippen LogP) is -10.3. The first-order valence-corrected chi connectivity index (χ1v) is 15.9. The number of aliphatic imine (C=N–C) groups is 2. The van der Waals surface area contributed by atoms with Gasteiger partial charge in [0.1, 0.15) is 85.3 Å². The van der Waals surface area contributed by atoms with E-state index in [-0.39, 0.29) is 6.29 Å². The molecule has 4 aliphatic rings. The normalized spacial score (nSPS) is 48.9. The largest absolute Gasteiger partial charge is 0.394 e. The number of aliphatic hydroxyl groups excluding tert-OH is 9. The fourth-order valence-corrected chi connectivity index (χ4v) is 6.57. The second-order valence-corrected chi connectivity index (χ2v) is 12.7. The molecule has 0 bridgehead atoms. The first-order chi connectivity index (χ1) is 23.9. The van der Waals surface area contributed by atoms with Gasteiger partial charge in [-0.1, -0.05) is 0 Å². The molecule has 1 aliphatic carbocycles. The van der Waals surface area contributed by atoms with Crippen molar-refractivity contribution in [3.8, 4) is 0 Å². The zero-order valence-corrected chi connectivity index (χ0v) is 27.5. The van der Waals surface area contributed by atoms with E-state index >= 15 is 0 Å². The van der Waals surface area contributed by atoms with Gasteiger partial charge >= 0.3 is 0 Å². The Hall–Kier alpha value is -2.47. The molecule has 0 aromatic rings. The average Bonchev–Trinajstić information content (AvgIpc) is 3.32. The quantitative estimate of drug-likeness (QED) is 0.0501. The van der Waals surface area contributed by atoms with Crippen LogP contribution >= 0.6 is 0 Å². The number of rotatable bonds is 12. The SMILES string of the molecule is CN[C@@H]1[C@H](O[C@H]2[C@H](O[C@@H]3[C@@H](N=C(N)N)[C@H](O)[C@@H](N=C(N)N)C(O)[C@H]3O)O[C@@H](C)[C@]2(O)C=O)O[C@@H](CO)[C@H](O[C@@H]2O[C@H](CO)[C@@H](O)[C@H](O)[C@@H]2O)[C@H]1O. The van der Waals surface area contributed by atoms with Crippen LogP contribution in [0.3, 0.4) is 0 Å². The van der Waals surface area contributed by atoms with Crippen molar-refractivity contribution in [3.05, 3.63) is 0 Å². The van der Waals surface area contributed by atoms with Gasteiger partial charge in [-0.25, -0.2) is 9.98 Å². The maximum Gasteiger partial charge on any atom is 0.188 e. The van der Waals surface area contributed by atoms with Gasteiger partial charge in [0.25, 0.3) is 0 Å². The summed E-state index contributed by atoms with van der Waals surface area (Å²) in [7, 11) is 1.36. The number of likely N-dealkylation sites (N-methyl/N-ethyl adjacent to an activating group) is 1. The molecule has 20 atom stereocenters. The second-order valence-electron chi connectivity index (χ2n) is 12.7. The topological polar surface area (TPSA) is 416 Å². The van der Waals surface area contributed by atoms with Crippen LogP contribution in [0.1, 0.15) is 6.92 Å². The van der Waals surface area contributed by atoms with Crippen LogP contribution in [-0.2, 0) is 33.2 Å². The van der Waals surface area contributed by atoms with Crippen molar-refractivity contribution in [2.24, 2.45) is 32.9 Å². The first-order valence-electron chi connectivity index (χ1n) is 15.9. The van der Waals surface area contributed by atoms with Crippen molar-refractivity contribution in [2.45, 2.75) is 129 Å². The van der Waals surface area contributed by atoms with Crippen LogP contribution in [0.4, 0.5) is 0 Å². The number of carbonyl (C=O) groups excluding carboxylic acids is 1. The Labute approximate surface area is 290 Å². The van der Waals surface area contributed by atoms with Gasteiger partial charge in [0, 0.05) is 0 Å². The van der Waals surface area contributed by atoms with Crippen molar-refractivity contribution >= 4 is 18.2 Å². The minimum Gasteiger partial charge on any atom is -0.394 e. The van der Waals surface area contributed by atoms with E-state index in [4.69, 9.17) is 51.4 Å². The van der Waals surface area contributed by atoms with Crippen molar-refractivity contribution in [1.29, 1.82) is 0 Å². The van der Waals surface area contributed by atoms with Crippen molar-refractivity contribution in [2.75, 3.05) is 20.3 Å². The van der Waals surface area contributed by atoms with Crippen LogP contribution in [0.25, 0.3) is 0 Å². The molecule has 51 heavy (non-hydrogen) atoms. The van der Waals surface area contributed by atoms with Gasteiger partial charge < -0.3 is 108 Å². The molecule has 4 rings (SSSR count). The third-order valence-electron chi connectivity index (χ3n) is 9.45. The van der Waals surface area contributed by atoms with Gasteiger partial charge in [-0.2, -0.15) is 0 Å². The highest BCUT2D eigenvalue weighted by molar-refractivity contribution is 5.76. The molecule has 1 saturated carbocycles. The molecule has 0 aromatic carbocycles. The van der Waals surface area contributed by atoms with E-state index in [0.29, 0.717) is 0 Å². The number of aldehydes is 1. The van der Waals surface area contributed by atoms with Gasteiger partial charge in [-0.05, 0) is 14.0 Å². The lowest BCUT2D eigenvalue weighted by Gasteiger charge is -2.48. The number of nitrogens with one attached hydrogen (secondary N) is 1. The minimum atomic E-state index is -2.50. The van der Waals surface area contributed by atoms with Crippen LogP contribution < -0.4 is 28.3 Å². The Morgan fingerprint density at radius 1 is 0.706 bits per heavy atom. The highest BCUT2D eigenvalue weighted by Crippen LogP contribution is 2.39. The maximum atomic E-state index is 12.3. The Morgan fingerprint density at radius 3 is 1.82 bits per heavy atom. The highest BCUT2D eigenvalue weighted by Gasteiger charge is 2.61. The van der Waals surface area contributed by atoms with E-state index in [1.165, 1.54) is 14.0 Å². The fourth-order valence-electron chi connectivity index (χ4n) is 6.57. The molecule has 0 spiro atoms. The summed E-state index contributed by atoms with van der Waals surface area (Å²) in [5.41, 5.74) is 19.4. The summed E-state index contributed by atoms with van der Waals surface area (Å²) >= 11 is 0. The van der Waals surface area contributed by atoms with E-state index < -0.39 is 147 Å². The van der Waals surface area contributed by atoms with E-state index in [1.807, 2.05) is 0 Å². The number of ether oxygens (including phenoxy) is 6. The lowest BCUT2D eigenvalue weighted by atomic mass is 9.81. The molecule has 3 aliphatic heterocycles. The van der Waals surface area contributed by atoms with E-state index in [2.05, 4.69) is 15.3 Å². The smallest absolute Gasteiger partial charge is 0.188 e. The molecular formula is C27H49N7O17. The molecule has 0 amide bonds. The van der Waals surface area contributed by atoms with Crippen LogP contribution in [0.5, 0.6) is 0 Å². The highest BCUT2D eigenvalue weighted by atomic mass is 16.8. The number of guanidine groups is 2. The molecule has 3 heterocycles. The van der Waals surface area contributed by atoms with Crippen LogP contribution in [0.15, 0.2) is 9.98 Å². The molecule has 24 nitrogen and oxygen atoms in total. The fraction of sp³-hybridized carbons (Fsp3) is 0.889. The number of nitrogens with two attached hydrogens (primary N) is 4. The molecule has 1 unspecified atom stereocenters.